The third-order valence-corrected chi connectivity index (χ3v) is 4.66. The summed E-state index contributed by atoms with van der Waals surface area (Å²) in [7, 11) is -3.39. The summed E-state index contributed by atoms with van der Waals surface area (Å²) in [5.41, 5.74) is 2.71. The van der Waals surface area contributed by atoms with E-state index in [1.165, 1.54) is 6.07 Å². The Morgan fingerprint density at radius 2 is 1.59 bits per heavy atom. The van der Waals surface area contributed by atoms with Gasteiger partial charge in [0.25, 0.3) is 5.91 Å². The first-order valence-corrected chi connectivity index (χ1v) is 10.9. The van der Waals surface area contributed by atoms with Crippen molar-refractivity contribution in [2.75, 3.05) is 11.0 Å². The van der Waals surface area contributed by atoms with Gasteiger partial charge in [0.15, 0.2) is 0 Å². The third kappa shape index (κ3) is 6.65. The number of rotatable bonds is 8. The van der Waals surface area contributed by atoms with Gasteiger partial charge in [0.2, 0.25) is 10.0 Å². The monoisotopic (exact) mass is 410 g/mol. The van der Waals surface area contributed by atoms with Crippen molar-refractivity contribution in [3.05, 3.63) is 95.6 Å². The van der Waals surface area contributed by atoms with Gasteiger partial charge < -0.3 is 10.1 Å². The second kappa shape index (κ2) is 9.25. The minimum Gasteiger partial charge on any atom is -0.489 e. The minimum atomic E-state index is -3.39. The van der Waals surface area contributed by atoms with Gasteiger partial charge in [-0.25, -0.2) is 8.42 Å². The van der Waals surface area contributed by atoms with Crippen molar-refractivity contribution in [2.45, 2.75) is 13.2 Å². The Balaban J connectivity index is 1.53. The fourth-order valence-electron chi connectivity index (χ4n) is 2.66. The number of benzene rings is 3. The van der Waals surface area contributed by atoms with Crippen LogP contribution < -0.4 is 14.8 Å². The number of amides is 1. The van der Waals surface area contributed by atoms with Gasteiger partial charge in [-0.3, -0.25) is 9.52 Å². The van der Waals surface area contributed by atoms with Gasteiger partial charge >= 0.3 is 0 Å². The topological polar surface area (TPSA) is 84.5 Å². The molecule has 0 heterocycles. The number of sulfonamides is 1. The van der Waals surface area contributed by atoms with Gasteiger partial charge in [0.05, 0.1) is 6.26 Å². The summed E-state index contributed by atoms with van der Waals surface area (Å²) in [6, 6.07) is 23.7. The van der Waals surface area contributed by atoms with Crippen LogP contribution in [0.2, 0.25) is 0 Å². The standard InChI is InChI=1S/C22H22N2O4S/c1-29(26,27)24-20-7-5-6-19(14-20)22(25)23-15-17-10-12-18(13-11-17)16-28-21-8-3-2-4-9-21/h2-14,24H,15-16H2,1H3,(H,23,25). The Bertz CT molecular complexity index is 1070. The average Bonchev–Trinajstić information content (AvgIpc) is 2.71. The highest BCUT2D eigenvalue weighted by Gasteiger charge is 2.08. The number of hydrogen-bond acceptors (Lipinski definition) is 4. The largest absolute Gasteiger partial charge is 0.489 e. The average molecular weight is 410 g/mol. The number of hydrogen-bond donors (Lipinski definition) is 2. The molecular formula is C22H22N2O4S. The summed E-state index contributed by atoms with van der Waals surface area (Å²) in [6.07, 6.45) is 1.06. The van der Waals surface area contributed by atoms with Crippen LogP contribution in [0.1, 0.15) is 21.5 Å². The van der Waals surface area contributed by atoms with E-state index < -0.39 is 10.0 Å². The zero-order valence-corrected chi connectivity index (χ0v) is 16.8. The number of carbonyl (C=O) groups is 1. The quantitative estimate of drug-likeness (QED) is 0.595. The summed E-state index contributed by atoms with van der Waals surface area (Å²) in [4.78, 5) is 12.4. The van der Waals surface area contributed by atoms with Crippen molar-refractivity contribution < 1.29 is 17.9 Å². The molecule has 0 atom stereocenters. The Kier molecular flexibility index (Phi) is 6.51. The molecule has 2 N–H and O–H groups in total. The smallest absolute Gasteiger partial charge is 0.251 e. The second-order valence-corrected chi connectivity index (χ2v) is 8.30. The van der Waals surface area contributed by atoms with Crippen LogP contribution in [0.25, 0.3) is 0 Å². The molecule has 0 aromatic heterocycles. The van der Waals surface area contributed by atoms with Crippen molar-refractivity contribution in [1.29, 1.82) is 0 Å². The lowest BCUT2D eigenvalue weighted by Crippen LogP contribution is -2.23. The predicted molar refractivity (Wildman–Crippen MR) is 113 cm³/mol. The minimum absolute atomic E-state index is 0.279. The Labute approximate surface area is 170 Å². The molecule has 150 valence electrons. The van der Waals surface area contributed by atoms with Gasteiger partial charge in [-0.15, -0.1) is 0 Å². The Hall–Kier alpha value is -3.32. The van der Waals surface area contributed by atoms with E-state index in [9.17, 15) is 13.2 Å². The lowest BCUT2D eigenvalue weighted by molar-refractivity contribution is 0.0951. The number of para-hydroxylation sites is 1. The molecule has 29 heavy (non-hydrogen) atoms. The summed E-state index contributed by atoms with van der Waals surface area (Å²) in [5.74, 6) is 0.537. The van der Waals surface area contributed by atoms with Crippen LogP contribution in [-0.2, 0) is 23.2 Å². The molecule has 0 radical (unpaired) electrons. The first-order chi connectivity index (χ1) is 13.9. The maximum absolute atomic E-state index is 12.4. The van der Waals surface area contributed by atoms with E-state index in [2.05, 4.69) is 10.0 Å². The van der Waals surface area contributed by atoms with Crippen molar-refractivity contribution in [3.8, 4) is 5.75 Å². The van der Waals surface area contributed by atoms with E-state index in [4.69, 9.17) is 4.74 Å². The first-order valence-electron chi connectivity index (χ1n) is 9.01. The van der Waals surface area contributed by atoms with Crippen molar-refractivity contribution in [1.82, 2.24) is 5.32 Å². The highest BCUT2D eigenvalue weighted by atomic mass is 32.2. The molecule has 6 nitrogen and oxygen atoms in total. The lowest BCUT2D eigenvalue weighted by Gasteiger charge is -2.09. The van der Waals surface area contributed by atoms with E-state index in [1.807, 2.05) is 54.6 Å². The van der Waals surface area contributed by atoms with Crippen molar-refractivity contribution >= 4 is 21.6 Å². The maximum atomic E-state index is 12.4. The molecule has 0 aliphatic rings. The summed E-state index contributed by atoms with van der Waals surface area (Å²) >= 11 is 0. The molecule has 0 aliphatic carbocycles. The molecule has 0 spiro atoms. The number of carbonyl (C=O) groups excluding carboxylic acids is 1. The first kappa shape index (κ1) is 20.4. The normalized spacial score (nSPS) is 10.9. The lowest BCUT2D eigenvalue weighted by atomic mass is 10.1. The third-order valence-electron chi connectivity index (χ3n) is 4.05. The summed E-state index contributed by atoms with van der Waals surface area (Å²) < 4.78 is 30.7. The van der Waals surface area contributed by atoms with Gasteiger partial charge in [-0.1, -0.05) is 48.5 Å². The van der Waals surface area contributed by atoms with Gasteiger partial charge in [-0.05, 0) is 41.5 Å². The molecule has 3 rings (SSSR count). The SMILES string of the molecule is CS(=O)(=O)Nc1cccc(C(=O)NCc2ccc(COc3ccccc3)cc2)c1. The van der Waals surface area contributed by atoms with Crippen molar-refractivity contribution in [2.24, 2.45) is 0 Å². The van der Waals surface area contributed by atoms with Gasteiger partial charge in [0.1, 0.15) is 12.4 Å². The fourth-order valence-corrected chi connectivity index (χ4v) is 3.21. The van der Waals surface area contributed by atoms with Crippen LogP contribution in [0.3, 0.4) is 0 Å². The molecule has 0 saturated heterocycles. The Morgan fingerprint density at radius 3 is 2.28 bits per heavy atom. The Morgan fingerprint density at radius 1 is 0.897 bits per heavy atom. The van der Waals surface area contributed by atoms with Crippen LogP contribution in [-0.4, -0.2) is 20.6 Å². The molecule has 0 unspecified atom stereocenters. The molecule has 3 aromatic carbocycles. The van der Waals surface area contributed by atoms with E-state index in [0.29, 0.717) is 24.4 Å². The highest BCUT2D eigenvalue weighted by Crippen LogP contribution is 2.14. The molecule has 0 aliphatic heterocycles. The molecule has 3 aromatic rings. The number of ether oxygens (including phenoxy) is 1. The van der Waals surface area contributed by atoms with Crippen molar-refractivity contribution in [3.63, 3.8) is 0 Å². The molecule has 0 saturated carbocycles. The second-order valence-electron chi connectivity index (χ2n) is 6.56. The van der Waals surface area contributed by atoms with Crippen LogP contribution in [0.4, 0.5) is 5.69 Å². The van der Waals surface area contributed by atoms with Crippen LogP contribution >= 0.6 is 0 Å². The van der Waals surface area contributed by atoms with Crippen LogP contribution in [0, 0.1) is 0 Å². The van der Waals surface area contributed by atoms with Gasteiger partial charge in [0, 0.05) is 17.8 Å². The number of nitrogens with one attached hydrogen (secondary N) is 2. The summed E-state index contributed by atoms with van der Waals surface area (Å²) in [5, 5.41) is 2.84. The number of anilines is 1. The fraction of sp³-hybridized carbons (Fsp3) is 0.136. The summed E-state index contributed by atoms with van der Waals surface area (Å²) in [6.45, 7) is 0.833. The van der Waals surface area contributed by atoms with E-state index in [1.54, 1.807) is 18.2 Å². The molecular weight excluding hydrogens is 388 g/mol. The van der Waals surface area contributed by atoms with E-state index in [-0.39, 0.29) is 5.91 Å². The highest BCUT2D eigenvalue weighted by molar-refractivity contribution is 7.92. The zero-order chi connectivity index (χ0) is 20.7. The van der Waals surface area contributed by atoms with Gasteiger partial charge in [-0.2, -0.15) is 0 Å². The molecule has 1 amide bonds. The van der Waals surface area contributed by atoms with E-state index >= 15 is 0 Å². The van der Waals surface area contributed by atoms with Crippen LogP contribution in [0.5, 0.6) is 5.75 Å². The van der Waals surface area contributed by atoms with Crippen LogP contribution in [0.15, 0.2) is 78.9 Å². The molecule has 7 heteroatoms. The maximum Gasteiger partial charge on any atom is 0.251 e. The predicted octanol–water partition coefficient (Wildman–Crippen LogP) is 3.57. The van der Waals surface area contributed by atoms with E-state index in [0.717, 1.165) is 23.1 Å². The zero-order valence-electron chi connectivity index (χ0n) is 16.0. The molecule has 0 fully saturated rings. The molecule has 0 bridgehead atoms.